The van der Waals surface area contributed by atoms with E-state index in [1.165, 1.54) is 0 Å². The molecular formula is C7H12FN3. The summed E-state index contributed by atoms with van der Waals surface area (Å²) in [6.45, 7) is 0.628. The number of imidazole rings is 1. The van der Waals surface area contributed by atoms with Gasteiger partial charge < -0.3 is 10.3 Å². The van der Waals surface area contributed by atoms with Crippen molar-refractivity contribution in [2.24, 2.45) is 5.73 Å². The Morgan fingerprint density at radius 2 is 2.45 bits per heavy atom. The van der Waals surface area contributed by atoms with Crippen molar-refractivity contribution in [1.82, 2.24) is 9.55 Å². The number of halogens is 1. The quantitative estimate of drug-likeness (QED) is 0.685. The third-order valence-electron chi connectivity index (χ3n) is 1.43. The van der Waals surface area contributed by atoms with Crippen molar-refractivity contribution in [2.45, 2.75) is 13.0 Å². The second kappa shape index (κ2) is 4.08. The highest BCUT2D eigenvalue weighted by molar-refractivity contribution is 4.96. The van der Waals surface area contributed by atoms with Gasteiger partial charge >= 0.3 is 0 Å². The predicted octanol–water partition coefficient (Wildman–Crippen LogP) is 0.354. The van der Waals surface area contributed by atoms with Gasteiger partial charge in [-0.1, -0.05) is 0 Å². The SMILES string of the molecule is NCCc1cn(CCF)cn1. The van der Waals surface area contributed by atoms with E-state index in [2.05, 4.69) is 4.98 Å². The summed E-state index contributed by atoms with van der Waals surface area (Å²) in [6.07, 6.45) is 4.22. The van der Waals surface area contributed by atoms with Crippen LogP contribution in [0, 0.1) is 0 Å². The number of aryl methyl sites for hydroxylation is 1. The van der Waals surface area contributed by atoms with E-state index < -0.39 is 0 Å². The molecule has 1 aromatic rings. The molecule has 0 unspecified atom stereocenters. The first kappa shape index (κ1) is 8.20. The lowest BCUT2D eigenvalue weighted by Crippen LogP contribution is -2.02. The van der Waals surface area contributed by atoms with E-state index in [1.54, 1.807) is 10.9 Å². The molecular weight excluding hydrogens is 145 g/mol. The Labute approximate surface area is 65.0 Å². The highest BCUT2D eigenvalue weighted by atomic mass is 19.1. The molecule has 0 aliphatic heterocycles. The van der Waals surface area contributed by atoms with Crippen LogP contribution in [0.1, 0.15) is 5.69 Å². The third kappa shape index (κ3) is 2.31. The minimum atomic E-state index is -0.349. The number of hydrogen-bond acceptors (Lipinski definition) is 2. The lowest BCUT2D eigenvalue weighted by Gasteiger charge is -1.93. The van der Waals surface area contributed by atoms with Crippen LogP contribution in [0.4, 0.5) is 4.39 Å². The van der Waals surface area contributed by atoms with Crippen molar-refractivity contribution in [1.29, 1.82) is 0 Å². The molecule has 1 aromatic heterocycles. The second-order valence-electron chi connectivity index (χ2n) is 2.33. The lowest BCUT2D eigenvalue weighted by molar-refractivity contribution is 0.445. The number of hydrogen-bond donors (Lipinski definition) is 1. The van der Waals surface area contributed by atoms with Gasteiger partial charge in [-0.05, 0) is 6.54 Å². The molecule has 0 radical (unpaired) electrons. The molecule has 0 aliphatic rings. The standard InChI is InChI=1S/C7H12FN3/c8-2-4-11-5-7(1-3-9)10-6-11/h5-6H,1-4,9H2. The van der Waals surface area contributed by atoms with Gasteiger partial charge in [0.05, 0.1) is 18.6 Å². The Bertz CT molecular complexity index is 189. The van der Waals surface area contributed by atoms with Crippen molar-refractivity contribution in [2.75, 3.05) is 13.2 Å². The summed E-state index contributed by atoms with van der Waals surface area (Å²) < 4.78 is 13.5. The Morgan fingerprint density at radius 3 is 3.09 bits per heavy atom. The van der Waals surface area contributed by atoms with E-state index in [9.17, 15) is 4.39 Å². The van der Waals surface area contributed by atoms with Crippen molar-refractivity contribution >= 4 is 0 Å². The van der Waals surface area contributed by atoms with Crippen LogP contribution in [-0.2, 0) is 13.0 Å². The lowest BCUT2D eigenvalue weighted by atomic mass is 10.3. The van der Waals surface area contributed by atoms with Gasteiger partial charge in [0.1, 0.15) is 6.67 Å². The zero-order valence-corrected chi connectivity index (χ0v) is 6.33. The molecule has 0 aliphatic carbocycles. The van der Waals surface area contributed by atoms with Crippen LogP contribution in [0.25, 0.3) is 0 Å². The summed E-state index contributed by atoms with van der Waals surface area (Å²) in [7, 11) is 0. The maximum Gasteiger partial charge on any atom is 0.107 e. The molecule has 0 amide bonds. The smallest absolute Gasteiger partial charge is 0.107 e. The summed E-state index contributed by atoms with van der Waals surface area (Å²) in [6, 6.07) is 0. The third-order valence-corrected chi connectivity index (χ3v) is 1.43. The van der Waals surface area contributed by atoms with Crippen LogP contribution >= 0.6 is 0 Å². The molecule has 0 atom stereocenters. The molecule has 0 fully saturated rings. The Hall–Kier alpha value is -0.900. The monoisotopic (exact) mass is 157 g/mol. The fourth-order valence-electron chi connectivity index (χ4n) is 0.903. The zero-order valence-electron chi connectivity index (χ0n) is 6.33. The topological polar surface area (TPSA) is 43.8 Å². The van der Waals surface area contributed by atoms with Crippen LogP contribution in [0.3, 0.4) is 0 Å². The van der Waals surface area contributed by atoms with Crippen LogP contribution in [0.15, 0.2) is 12.5 Å². The maximum atomic E-state index is 11.8. The van der Waals surface area contributed by atoms with Gasteiger partial charge in [-0.15, -0.1) is 0 Å². The van der Waals surface area contributed by atoms with Gasteiger partial charge in [-0.2, -0.15) is 0 Å². The van der Waals surface area contributed by atoms with Gasteiger partial charge in [0, 0.05) is 12.6 Å². The Balaban J connectivity index is 2.51. The van der Waals surface area contributed by atoms with Crippen molar-refractivity contribution in [3.8, 4) is 0 Å². The van der Waals surface area contributed by atoms with Gasteiger partial charge in [0.15, 0.2) is 0 Å². The molecule has 62 valence electrons. The molecule has 0 saturated heterocycles. The van der Waals surface area contributed by atoms with Crippen molar-refractivity contribution in [3.05, 3.63) is 18.2 Å². The molecule has 1 heterocycles. The summed E-state index contributed by atoms with van der Waals surface area (Å²) >= 11 is 0. The Kier molecular flexibility index (Phi) is 3.04. The fourth-order valence-corrected chi connectivity index (χ4v) is 0.903. The maximum absolute atomic E-state index is 11.8. The first-order valence-corrected chi connectivity index (χ1v) is 3.63. The van der Waals surface area contributed by atoms with Crippen molar-refractivity contribution in [3.63, 3.8) is 0 Å². The van der Waals surface area contributed by atoms with E-state index in [0.29, 0.717) is 13.1 Å². The molecule has 0 bridgehead atoms. The van der Waals surface area contributed by atoms with Crippen LogP contribution in [-0.4, -0.2) is 22.8 Å². The van der Waals surface area contributed by atoms with Crippen LogP contribution in [0.2, 0.25) is 0 Å². The van der Waals surface area contributed by atoms with Crippen molar-refractivity contribution < 1.29 is 4.39 Å². The molecule has 0 spiro atoms. The van der Waals surface area contributed by atoms with E-state index in [1.807, 2.05) is 6.20 Å². The number of alkyl halides is 1. The van der Waals surface area contributed by atoms with Crippen LogP contribution < -0.4 is 5.73 Å². The molecule has 3 nitrogen and oxygen atoms in total. The highest BCUT2D eigenvalue weighted by Gasteiger charge is 1.95. The average Bonchev–Trinajstić information content (AvgIpc) is 2.38. The van der Waals surface area contributed by atoms with Gasteiger partial charge in [0.2, 0.25) is 0 Å². The zero-order chi connectivity index (χ0) is 8.10. The minimum Gasteiger partial charge on any atom is -0.335 e. The number of aromatic nitrogens is 2. The molecule has 11 heavy (non-hydrogen) atoms. The first-order chi connectivity index (χ1) is 5.36. The van der Waals surface area contributed by atoms with E-state index in [0.717, 1.165) is 12.1 Å². The number of nitrogens with two attached hydrogens (primary N) is 1. The van der Waals surface area contributed by atoms with Gasteiger partial charge in [0.25, 0.3) is 0 Å². The molecule has 0 aromatic carbocycles. The molecule has 0 saturated carbocycles. The van der Waals surface area contributed by atoms with Gasteiger partial charge in [-0.3, -0.25) is 0 Å². The summed E-state index contributed by atoms with van der Waals surface area (Å²) in [4.78, 5) is 4.04. The van der Waals surface area contributed by atoms with E-state index >= 15 is 0 Å². The van der Waals surface area contributed by atoms with Crippen LogP contribution in [0.5, 0.6) is 0 Å². The minimum absolute atomic E-state index is 0.349. The summed E-state index contributed by atoms with van der Waals surface area (Å²) in [5, 5.41) is 0. The molecule has 4 heteroatoms. The normalized spacial score (nSPS) is 10.4. The molecule has 1 rings (SSSR count). The second-order valence-corrected chi connectivity index (χ2v) is 2.33. The average molecular weight is 157 g/mol. The predicted molar refractivity (Wildman–Crippen MR) is 41.0 cm³/mol. The summed E-state index contributed by atoms with van der Waals surface area (Å²) in [5.41, 5.74) is 6.25. The first-order valence-electron chi connectivity index (χ1n) is 3.63. The Morgan fingerprint density at radius 1 is 1.64 bits per heavy atom. The highest BCUT2D eigenvalue weighted by Crippen LogP contribution is 1.96. The van der Waals surface area contributed by atoms with E-state index in [4.69, 9.17) is 5.73 Å². The number of rotatable bonds is 4. The summed E-state index contributed by atoms with van der Waals surface area (Å²) in [5.74, 6) is 0. The fraction of sp³-hybridized carbons (Fsp3) is 0.571. The number of nitrogens with zero attached hydrogens (tertiary/aromatic N) is 2. The molecule has 2 N–H and O–H groups in total. The van der Waals surface area contributed by atoms with Gasteiger partial charge in [-0.25, -0.2) is 9.37 Å². The largest absolute Gasteiger partial charge is 0.335 e. The van der Waals surface area contributed by atoms with E-state index in [-0.39, 0.29) is 6.67 Å².